The van der Waals surface area contributed by atoms with E-state index in [-0.39, 0.29) is 17.2 Å². The predicted octanol–water partition coefficient (Wildman–Crippen LogP) is 4.51. The molecule has 156 valence electrons. The molecule has 2 amide bonds. The van der Waals surface area contributed by atoms with Crippen molar-refractivity contribution in [2.45, 2.75) is 51.5 Å². The molecule has 1 fully saturated rings. The second kappa shape index (κ2) is 9.98. The first-order valence-electron chi connectivity index (χ1n) is 10.2. The first-order chi connectivity index (χ1) is 13.9. The van der Waals surface area contributed by atoms with E-state index in [0.29, 0.717) is 18.0 Å². The number of thiazole rings is 1. The summed E-state index contributed by atoms with van der Waals surface area (Å²) >= 11 is 1.41. The van der Waals surface area contributed by atoms with Crippen molar-refractivity contribution in [3.05, 3.63) is 41.4 Å². The van der Waals surface area contributed by atoms with Gasteiger partial charge >= 0.3 is 0 Å². The van der Waals surface area contributed by atoms with Gasteiger partial charge in [-0.25, -0.2) is 4.98 Å². The van der Waals surface area contributed by atoms with Crippen molar-refractivity contribution in [3.8, 4) is 0 Å². The van der Waals surface area contributed by atoms with E-state index < -0.39 is 0 Å². The first-order valence-corrected chi connectivity index (χ1v) is 11.0. The van der Waals surface area contributed by atoms with Gasteiger partial charge in [-0.15, -0.1) is 11.3 Å². The van der Waals surface area contributed by atoms with Gasteiger partial charge in [-0.1, -0.05) is 31.4 Å². The van der Waals surface area contributed by atoms with Gasteiger partial charge in [-0.3, -0.25) is 9.59 Å². The van der Waals surface area contributed by atoms with Gasteiger partial charge < -0.3 is 15.5 Å². The molecule has 0 radical (unpaired) electrons. The Labute approximate surface area is 176 Å². The summed E-state index contributed by atoms with van der Waals surface area (Å²) in [4.78, 5) is 31.7. The van der Waals surface area contributed by atoms with Crippen LogP contribution in [0.25, 0.3) is 0 Å². The Bertz CT molecular complexity index is 814. The lowest BCUT2D eigenvalue weighted by Gasteiger charge is -2.36. The minimum absolute atomic E-state index is 0.0176. The highest BCUT2D eigenvalue weighted by Gasteiger charge is 2.36. The van der Waals surface area contributed by atoms with Gasteiger partial charge in [-0.05, 0) is 50.0 Å². The van der Waals surface area contributed by atoms with Crippen LogP contribution in [-0.2, 0) is 16.1 Å². The van der Waals surface area contributed by atoms with Crippen LogP contribution in [-0.4, -0.2) is 35.8 Å². The molecule has 0 bridgehead atoms. The van der Waals surface area contributed by atoms with Crippen LogP contribution in [0.5, 0.6) is 0 Å². The molecule has 2 N–H and O–H groups in total. The molecule has 3 rings (SSSR count). The molecule has 1 heterocycles. The summed E-state index contributed by atoms with van der Waals surface area (Å²) in [5.41, 5.74) is 1.70. The SMILES string of the molecule is CN(C)Cc1cccc(NC(=O)CC2(CC(=O)Nc3nccs3)CCCCC2)c1. The number of aromatic nitrogens is 1. The average Bonchev–Trinajstić information content (AvgIpc) is 3.14. The molecule has 6 nitrogen and oxygen atoms in total. The molecule has 1 aliphatic carbocycles. The van der Waals surface area contributed by atoms with Gasteiger partial charge in [0, 0.05) is 36.7 Å². The largest absolute Gasteiger partial charge is 0.326 e. The molecular formula is C22H30N4O2S. The lowest BCUT2D eigenvalue weighted by atomic mass is 9.69. The van der Waals surface area contributed by atoms with Crippen molar-refractivity contribution in [1.29, 1.82) is 0 Å². The molecule has 2 aromatic rings. The summed E-state index contributed by atoms with van der Waals surface area (Å²) in [6.07, 6.45) is 7.53. The third-order valence-electron chi connectivity index (χ3n) is 5.37. The second-order valence-electron chi connectivity index (χ2n) is 8.29. The van der Waals surface area contributed by atoms with Gasteiger partial charge in [0.25, 0.3) is 0 Å². The fourth-order valence-electron chi connectivity index (χ4n) is 4.17. The van der Waals surface area contributed by atoms with E-state index in [1.54, 1.807) is 6.20 Å². The fourth-order valence-corrected chi connectivity index (χ4v) is 4.71. The predicted molar refractivity (Wildman–Crippen MR) is 118 cm³/mol. The highest BCUT2D eigenvalue weighted by Crippen LogP contribution is 2.42. The zero-order valence-electron chi connectivity index (χ0n) is 17.2. The Balaban J connectivity index is 1.63. The molecule has 0 unspecified atom stereocenters. The number of amides is 2. The summed E-state index contributed by atoms with van der Waals surface area (Å²) in [5.74, 6) is -0.0708. The maximum Gasteiger partial charge on any atom is 0.226 e. The van der Waals surface area contributed by atoms with Crippen LogP contribution in [0.3, 0.4) is 0 Å². The van der Waals surface area contributed by atoms with Crippen LogP contribution in [0.4, 0.5) is 10.8 Å². The molecule has 1 aromatic carbocycles. The van der Waals surface area contributed by atoms with Crippen molar-refractivity contribution in [2.24, 2.45) is 5.41 Å². The third-order valence-corrected chi connectivity index (χ3v) is 6.06. The molecule has 0 spiro atoms. The molecule has 0 aliphatic heterocycles. The Morgan fingerprint density at radius 1 is 1.10 bits per heavy atom. The number of benzene rings is 1. The van der Waals surface area contributed by atoms with E-state index in [9.17, 15) is 9.59 Å². The van der Waals surface area contributed by atoms with E-state index in [4.69, 9.17) is 0 Å². The van der Waals surface area contributed by atoms with Crippen LogP contribution in [0.2, 0.25) is 0 Å². The van der Waals surface area contributed by atoms with E-state index in [1.165, 1.54) is 17.8 Å². The quantitative estimate of drug-likeness (QED) is 0.666. The maximum absolute atomic E-state index is 12.9. The number of hydrogen-bond donors (Lipinski definition) is 2. The normalized spacial score (nSPS) is 15.8. The number of carbonyl (C=O) groups is 2. The monoisotopic (exact) mass is 414 g/mol. The van der Waals surface area contributed by atoms with Crippen molar-refractivity contribution in [1.82, 2.24) is 9.88 Å². The van der Waals surface area contributed by atoms with E-state index in [0.717, 1.165) is 43.5 Å². The maximum atomic E-state index is 12.9. The van der Waals surface area contributed by atoms with E-state index >= 15 is 0 Å². The molecule has 0 atom stereocenters. The van der Waals surface area contributed by atoms with Crippen LogP contribution in [0, 0.1) is 5.41 Å². The highest BCUT2D eigenvalue weighted by molar-refractivity contribution is 7.13. The smallest absolute Gasteiger partial charge is 0.226 e. The van der Waals surface area contributed by atoms with Crippen LogP contribution >= 0.6 is 11.3 Å². The molecule has 1 aromatic heterocycles. The third kappa shape index (κ3) is 6.65. The van der Waals surface area contributed by atoms with Gasteiger partial charge in [0.15, 0.2) is 5.13 Å². The molecule has 1 aliphatic rings. The second-order valence-corrected chi connectivity index (χ2v) is 9.18. The summed E-state index contributed by atoms with van der Waals surface area (Å²) in [6.45, 7) is 0.824. The average molecular weight is 415 g/mol. The van der Waals surface area contributed by atoms with E-state index in [1.807, 2.05) is 37.7 Å². The van der Waals surface area contributed by atoms with Gasteiger partial charge in [0.1, 0.15) is 0 Å². The summed E-state index contributed by atoms with van der Waals surface area (Å²) in [7, 11) is 4.05. The van der Waals surface area contributed by atoms with Crippen molar-refractivity contribution < 1.29 is 9.59 Å². The summed E-state index contributed by atoms with van der Waals surface area (Å²) < 4.78 is 0. The van der Waals surface area contributed by atoms with Crippen molar-refractivity contribution in [3.63, 3.8) is 0 Å². The van der Waals surface area contributed by atoms with Crippen LogP contribution in [0.15, 0.2) is 35.8 Å². The van der Waals surface area contributed by atoms with Crippen molar-refractivity contribution in [2.75, 3.05) is 24.7 Å². The van der Waals surface area contributed by atoms with E-state index in [2.05, 4.69) is 26.6 Å². The number of hydrogen-bond acceptors (Lipinski definition) is 5. The lowest BCUT2D eigenvalue weighted by molar-refractivity contribution is -0.122. The van der Waals surface area contributed by atoms with Crippen LogP contribution in [0.1, 0.15) is 50.5 Å². The topological polar surface area (TPSA) is 74.3 Å². The number of anilines is 2. The number of nitrogens with zero attached hydrogens (tertiary/aromatic N) is 2. The Hall–Kier alpha value is -2.25. The Morgan fingerprint density at radius 2 is 1.83 bits per heavy atom. The Kier molecular flexibility index (Phi) is 7.39. The number of nitrogens with one attached hydrogen (secondary N) is 2. The first kappa shape index (κ1) is 21.5. The van der Waals surface area contributed by atoms with Gasteiger partial charge in [-0.2, -0.15) is 0 Å². The van der Waals surface area contributed by atoms with Crippen LogP contribution < -0.4 is 10.6 Å². The zero-order chi connectivity index (χ0) is 20.7. The Morgan fingerprint density at radius 3 is 2.48 bits per heavy atom. The molecule has 1 saturated carbocycles. The summed E-state index contributed by atoms with van der Waals surface area (Å²) in [6, 6.07) is 7.95. The minimum Gasteiger partial charge on any atom is -0.326 e. The lowest BCUT2D eigenvalue weighted by Crippen LogP contribution is -2.34. The summed E-state index contributed by atoms with van der Waals surface area (Å²) in [5, 5.41) is 8.37. The van der Waals surface area contributed by atoms with Gasteiger partial charge in [0.2, 0.25) is 11.8 Å². The van der Waals surface area contributed by atoms with Gasteiger partial charge in [0.05, 0.1) is 0 Å². The zero-order valence-corrected chi connectivity index (χ0v) is 18.1. The molecule has 0 saturated heterocycles. The minimum atomic E-state index is -0.273. The molecular weight excluding hydrogens is 384 g/mol. The fraction of sp³-hybridized carbons (Fsp3) is 0.500. The standard InChI is InChI=1S/C22H30N4O2S/c1-26(2)16-17-7-6-8-18(13-17)24-19(27)14-22(9-4-3-5-10-22)15-20(28)25-21-23-11-12-29-21/h6-8,11-13H,3-5,9-10,14-16H2,1-2H3,(H,24,27)(H,23,25,28). The van der Waals surface area contributed by atoms with Crippen molar-refractivity contribution >= 4 is 34.0 Å². The highest BCUT2D eigenvalue weighted by atomic mass is 32.1. The molecule has 29 heavy (non-hydrogen) atoms. The molecule has 7 heteroatoms. The number of carbonyl (C=O) groups excluding carboxylic acids is 2. The number of rotatable bonds is 8.